The Morgan fingerprint density at radius 3 is 2.25 bits per heavy atom. The fourth-order valence-electron chi connectivity index (χ4n) is 2.81. The molecule has 28 heavy (non-hydrogen) atoms. The summed E-state index contributed by atoms with van der Waals surface area (Å²) in [5, 5.41) is 2.86. The number of hydrogen-bond donors (Lipinski definition) is 1. The number of carbonyl (C=O) groups excluding carboxylic acids is 1. The van der Waals surface area contributed by atoms with Gasteiger partial charge in [-0.05, 0) is 47.0 Å². The first kappa shape index (κ1) is 17.6. The van der Waals surface area contributed by atoms with Gasteiger partial charge in [0.25, 0.3) is 0 Å². The molecule has 0 aromatic heterocycles. The smallest absolute Gasteiger partial charge is 0.248 e. The van der Waals surface area contributed by atoms with Crippen molar-refractivity contribution >= 4 is 29.8 Å². The van der Waals surface area contributed by atoms with E-state index in [2.05, 4.69) is 5.32 Å². The van der Waals surface area contributed by atoms with Crippen molar-refractivity contribution < 1.29 is 14.3 Å². The minimum absolute atomic E-state index is 0.160. The molecule has 1 heterocycles. The van der Waals surface area contributed by atoms with Crippen molar-refractivity contribution in [3.05, 3.63) is 95.6 Å². The number of amides is 1. The Kier molecular flexibility index (Phi) is 5.20. The van der Waals surface area contributed by atoms with Crippen molar-refractivity contribution in [1.29, 1.82) is 0 Å². The van der Waals surface area contributed by atoms with E-state index in [-0.39, 0.29) is 12.7 Å². The van der Waals surface area contributed by atoms with Crippen LogP contribution in [0.15, 0.2) is 78.9 Å². The molecular weight excluding hydrogens is 350 g/mol. The molecule has 138 valence electrons. The number of anilines is 1. The number of carbonyl (C=O) groups is 1. The lowest BCUT2D eigenvalue weighted by Gasteiger charge is -2.03. The maximum Gasteiger partial charge on any atom is 0.248 e. The van der Waals surface area contributed by atoms with Crippen LogP contribution >= 0.6 is 0 Å². The van der Waals surface area contributed by atoms with E-state index in [4.69, 9.17) is 9.47 Å². The van der Waals surface area contributed by atoms with Gasteiger partial charge in [0, 0.05) is 11.8 Å². The van der Waals surface area contributed by atoms with Crippen LogP contribution in [0.3, 0.4) is 0 Å². The molecule has 1 aliphatic rings. The normalized spacial score (nSPS) is 12.6. The Morgan fingerprint density at radius 1 is 0.750 bits per heavy atom. The number of hydrogen-bond acceptors (Lipinski definition) is 3. The molecule has 1 amide bonds. The first-order valence-corrected chi connectivity index (χ1v) is 8.98. The lowest BCUT2D eigenvalue weighted by molar-refractivity contribution is -0.111. The van der Waals surface area contributed by atoms with E-state index < -0.39 is 0 Å². The average molecular weight is 369 g/mol. The molecule has 0 aliphatic carbocycles. The summed E-state index contributed by atoms with van der Waals surface area (Å²) >= 11 is 0. The van der Waals surface area contributed by atoms with Gasteiger partial charge in [0.15, 0.2) is 11.5 Å². The lowest BCUT2D eigenvalue weighted by atomic mass is 10.1. The van der Waals surface area contributed by atoms with E-state index in [0.717, 1.165) is 33.9 Å². The van der Waals surface area contributed by atoms with Crippen LogP contribution in [0.1, 0.15) is 16.7 Å². The molecule has 4 nitrogen and oxygen atoms in total. The highest BCUT2D eigenvalue weighted by atomic mass is 16.7. The van der Waals surface area contributed by atoms with Crippen LogP contribution in [0.2, 0.25) is 0 Å². The third-order valence-corrected chi connectivity index (χ3v) is 4.27. The Morgan fingerprint density at radius 2 is 1.43 bits per heavy atom. The van der Waals surface area contributed by atoms with Gasteiger partial charge in [0.1, 0.15) is 0 Å². The van der Waals surface area contributed by atoms with Crippen LogP contribution in [0.4, 0.5) is 5.69 Å². The zero-order chi connectivity index (χ0) is 19.2. The Labute approximate surface area is 163 Å². The van der Waals surface area contributed by atoms with Gasteiger partial charge in [-0.3, -0.25) is 4.79 Å². The van der Waals surface area contributed by atoms with Crippen LogP contribution in [0, 0.1) is 0 Å². The van der Waals surface area contributed by atoms with Gasteiger partial charge in [-0.1, -0.05) is 60.7 Å². The summed E-state index contributed by atoms with van der Waals surface area (Å²) < 4.78 is 10.7. The number of benzene rings is 3. The van der Waals surface area contributed by atoms with Gasteiger partial charge < -0.3 is 14.8 Å². The fraction of sp³-hybridized carbons (Fsp3) is 0.0417. The second-order valence-electron chi connectivity index (χ2n) is 6.30. The summed E-state index contributed by atoms with van der Waals surface area (Å²) in [5.41, 5.74) is 3.81. The maximum absolute atomic E-state index is 12.0. The van der Waals surface area contributed by atoms with Crippen LogP contribution in [-0.4, -0.2) is 12.7 Å². The first-order valence-electron chi connectivity index (χ1n) is 8.98. The molecule has 3 aromatic rings. The molecule has 4 heteroatoms. The summed E-state index contributed by atoms with van der Waals surface area (Å²) in [6.45, 7) is 0.274. The van der Waals surface area contributed by atoms with Crippen molar-refractivity contribution in [2.75, 3.05) is 12.1 Å². The third-order valence-electron chi connectivity index (χ3n) is 4.27. The average Bonchev–Trinajstić information content (AvgIpc) is 3.20. The van der Waals surface area contributed by atoms with Gasteiger partial charge >= 0.3 is 0 Å². The molecule has 4 rings (SSSR count). The summed E-state index contributed by atoms with van der Waals surface area (Å²) in [7, 11) is 0. The highest BCUT2D eigenvalue weighted by Gasteiger charge is 2.12. The molecule has 1 N–H and O–H groups in total. The second-order valence-corrected chi connectivity index (χ2v) is 6.30. The van der Waals surface area contributed by atoms with Gasteiger partial charge in [-0.2, -0.15) is 0 Å². The highest BCUT2D eigenvalue weighted by Crippen LogP contribution is 2.33. The van der Waals surface area contributed by atoms with Crippen molar-refractivity contribution in [2.24, 2.45) is 0 Å². The van der Waals surface area contributed by atoms with Gasteiger partial charge in [0.05, 0.1) is 0 Å². The Bertz CT molecular complexity index is 1020. The Balaban J connectivity index is 1.36. The molecule has 0 spiro atoms. The number of nitrogens with one attached hydrogen (secondary N) is 1. The zero-order valence-corrected chi connectivity index (χ0v) is 15.2. The summed E-state index contributed by atoms with van der Waals surface area (Å²) in [6, 6.07) is 23.2. The molecule has 0 radical (unpaired) electrons. The standard InChI is InChI=1S/C24H19NO3/c26-24(15-11-18-4-2-1-3-5-18)25-21-12-8-19(9-13-21)6-7-20-10-14-22-23(16-20)28-17-27-22/h1-16H,17H2,(H,25,26)/b7-6+,15-11+. The molecule has 0 saturated carbocycles. The predicted octanol–water partition coefficient (Wildman–Crippen LogP) is 5.24. The van der Waals surface area contributed by atoms with Crippen LogP contribution in [0.5, 0.6) is 11.5 Å². The monoisotopic (exact) mass is 369 g/mol. The van der Waals surface area contributed by atoms with Crippen molar-refractivity contribution in [2.45, 2.75) is 0 Å². The minimum atomic E-state index is -0.160. The van der Waals surface area contributed by atoms with E-state index in [1.807, 2.05) is 84.9 Å². The maximum atomic E-state index is 12.0. The molecule has 3 aromatic carbocycles. The van der Waals surface area contributed by atoms with Crippen molar-refractivity contribution in [3.8, 4) is 11.5 Å². The fourth-order valence-corrected chi connectivity index (χ4v) is 2.81. The van der Waals surface area contributed by atoms with Crippen LogP contribution in [-0.2, 0) is 4.79 Å². The molecule has 0 saturated heterocycles. The van der Waals surface area contributed by atoms with Crippen LogP contribution < -0.4 is 14.8 Å². The third kappa shape index (κ3) is 4.48. The highest BCUT2D eigenvalue weighted by molar-refractivity contribution is 6.01. The molecule has 0 fully saturated rings. The van der Waals surface area contributed by atoms with Crippen molar-refractivity contribution in [1.82, 2.24) is 0 Å². The van der Waals surface area contributed by atoms with Crippen LogP contribution in [0.25, 0.3) is 18.2 Å². The molecule has 0 atom stereocenters. The van der Waals surface area contributed by atoms with E-state index in [0.29, 0.717) is 0 Å². The molecule has 1 aliphatic heterocycles. The predicted molar refractivity (Wildman–Crippen MR) is 112 cm³/mol. The summed E-state index contributed by atoms with van der Waals surface area (Å²) in [6.07, 6.45) is 7.34. The largest absolute Gasteiger partial charge is 0.454 e. The summed E-state index contributed by atoms with van der Waals surface area (Å²) in [5.74, 6) is 1.38. The number of ether oxygens (including phenoxy) is 2. The van der Waals surface area contributed by atoms with E-state index in [9.17, 15) is 4.79 Å². The van der Waals surface area contributed by atoms with Gasteiger partial charge in [0.2, 0.25) is 12.7 Å². The topological polar surface area (TPSA) is 47.6 Å². The molecule has 0 bridgehead atoms. The molecule has 0 unspecified atom stereocenters. The number of fused-ring (bicyclic) bond motifs is 1. The quantitative estimate of drug-likeness (QED) is 0.494. The van der Waals surface area contributed by atoms with Gasteiger partial charge in [-0.25, -0.2) is 0 Å². The van der Waals surface area contributed by atoms with Crippen molar-refractivity contribution in [3.63, 3.8) is 0 Å². The van der Waals surface area contributed by atoms with Gasteiger partial charge in [-0.15, -0.1) is 0 Å². The SMILES string of the molecule is O=C(/C=C/c1ccccc1)Nc1ccc(/C=C/c2ccc3c(c2)OCO3)cc1. The minimum Gasteiger partial charge on any atom is -0.454 e. The molecular formula is C24H19NO3. The Hall–Kier alpha value is -3.79. The van der Waals surface area contributed by atoms with E-state index in [1.54, 1.807) is 6.08 Å². The summed E-state index contributed by atoms with van der Waals surface area (Å²) in [4.78, 5) is 12.0. The van der Waals surface area contributed by atoms with E-state index in [1.165, 1.54) is 6.08 Å². The lowest BCUT2D eigenvalue weighted by Crippen LogP contribution is -2.07. The second kappa shape index (κ2) is 8.27. The zero-order valence-electron chi connectivity index (χ0n) is 15.2. The van der Waals surface area contributed by atoms with E-state index >= 15 is 0 Å². The number of rotatable bonds is 5. The first-order chi connectivity index (χ1) is 13.8.